The van der Waals surface area contributed by atoms with Gasteiger partial charge in [-0.05, 0) is 31.2 Å². The van der Waals surface area contributed by atoms with Crippen molar-refractivity contribution in [2.75, 3.05) is 41.4 Å². The van der Waals surface area contributed by atoms with Gasteiger partial charge in [-0.15, -0.1) is 0 Å². The van der Waals surface area contributed by atoms with Crippen LogP contribution < -0.4 is 15.1 Å². The van der Waals surface area contributed by atoms with Crippen LogP contribution in [0.4, 0.5) is 31.9 Å². The maximum absolute atomic E-state index is 15.5. The second-order valence-corrected chi connectivity index (χ2v) is 8.33. The summed E-state index contributed by atoms with van der Waals surface area (Å²) in [7, 11) is 0. The minimum Gasteiger partial charge on any atom is -0.377 e. The number of carbonyl (C=O) groups excluding carboxylic acids is 1. The van der Waals surface area contributed by atoms with Crippen molar-refractivity contribution in [3.63, 3.8) is 0 Å². The summed E-state index contributed by atoms with van der Waals surface area (Å²) in [5.41, 5.74) is 1.31. The molecule has 180 valence electrons. The predicted molar refractivity (Wildman–Crippen MR) is 129 cm³/mol. The predicted octanol–water partition coefficient (Wildman–Crippen LogP) is 3.78. The third-order valence-corrected chi connectivity index (χ3v) is 6.01. The number of carbonyl (C=O) groups is 1. The Morgan fingerprint density at radius 3 is 2.77 bits per heavy atom. The molecule has 1 atom stereocenters. The maximum Gasteiger partial charge on any atom is 0.254 e. The Morgan fingerprint density at radius 2 is 2.11 bits per heavy atom. The molecule has 1 aromatic carbocycles. The fraction of sp³-hybridized carbons (Fsp3) is 0.250. The highest BCUT2D eigenvalue weighted by Gasteiger charge is 2.26. The minimum atomic E-state index is -0.606. The number of anilines is 4. The Hall–Kier alpha value is -4.12. The number of H-pyrrole nitrogens is 1. The Bertz CT molecular complexity index is 1310. The van der Waals surface area contributed by atoms with Crippen LogP contribution in [0.5, 0.6) is 0 Å². The van der Waals surface area contributed by atoms with E-state index in [-0.39, 0.29) is 23.8 Å². The van der Waals surface area contributed by atoms with E-state index in [0.717, 1.165) is 12.3 Å². The highest BCUT2D eigenvalue weighted by Crippen LogP contribution is 2.36. The van der Waals surface area contributed by atoms with E-state index in [1.54, 1.807) is 24.4 Å². The molecule has 2 aliphatic rings. The normalized spacial score (nSPS) is 18.1. The number of aromatic amines is 1. The molecular formula is C24H23F2N7O2. The zero-order valence-electron chi connectivity index (χ0n) is 18.9. The van der Waals surface area contributed by atoms with Gasteiger partial charge >= 0.3 is 0 Å². The second-order valence-electron chi connectivity index (χ2n) is 8.33. The molecule has 0 saturated carbocycles. The van der Waals surface area contributed by atoms with Crippen molar-refractivity contribution < 1.29 is 18.3 Å². The summed E-state index contributed by atoms with van der Waals surface area (Å²) in [4.78, 5) is 20.0. The van der Waals surface area contributed by atoms with Gasteiger partial charge in [0, 0.05) is 47.3 Å². The summed E-state index contributed by atoms with van der Waals surface area (Å²) < 4.78 is 34.6. The van der Waals surface area contributed by atoms with Gasteiger partial charge in [0.15, 0.2) is 0 Å². The summed E-state index contributed by atoms with van der Waals surface area (Å²) in [5.74, 6) is -0.179. The fourth-order valence-corrected chi connectivity index (χ4v) is 4.27. The van der Waals surface area contributed by atoms with Crippen molar-refractivity contribution >= 4 is 35.3 Å². The number of pyridine rings is 1. The van der Waals surface area contributed by atoms with Crippen LogP contribution >= 0.6 is 0 Å². The molecular weight excluding hydrogens is 456 g/mol. The Kier molecular flexibility index (Phi) is 6.00. The molecule has 0 bridgehead atoms. The van der Waals surface area contributed by atoms with E-state index >= 15 is 4.39 Å². The summed E-state index contributed by atoms with van der Waals surface area (Å²) in [6.45, 7) is 3.47. The Morgan fingerprint density at radius 1 is 1.26 bits per heavy atom. The molecule has 2 aromatic heterocycles. The van der Waals surface area contributed by atoms with E-state index in [0.29, 0.717) is 48.3 Å². The number of nitrogens with one attached hydrogen (secondary N) is 3. The summed E-state index contributed by atoms with van der Waals surface area (Å²) in [6, 6.07) is 7.81. The lowest BCUT2D eigenvalue weighted by molar-refractivity contribution is -0.113. The SMILES string of the molecule is C[C@@H]1COCCN1c1cc(-c2ccc(N3CC(F)=CC3=O)cc2F)c(C=N)c(Nc2ccn[nH]2)n1. The van der Waals surface area contributed by atoms with E-state index in [1.807, 2.05) is 6.92 Å². The van der Waals surface area contributed by atoms with Gasteiger partial charge in [0.05, 0.1) is 32.0 Å². The van der Waals surface area contributed by atoms with Crippen molar-refractivity contribution in [2.24, 2.45) is 0 Å². The number of amides is 1. The van der Waals surface area contributed by atoms with Gasteiger partial charge in [-0.2, -0.15) is 5.10 Å². The standard InChI is InChI=1S/C24H23F2N7O2/c1-14-13-35-7-6-32(14)22-10-18(19(11-27)24(30-22)29-21-4-5-28-31-21)17-3-2-16(9-20(17)26)33-12-15(25)8-23(33)34/h2-5,8-11,14,27H,6-7,12-13H2,1H3,(H2,28,29,30,31)/t14-/m1/s1. The van der Waals surface area contributed by atoms with Crippen molar-refractivity contribution in [2.45, 2.75) is 13.0 Å². The zero-order valence-corrected chi connectivity index (χ0v) is 18.9. The van der Waals surface area contributed by atoms with Crippen molar-refractivity contribution in [1.82, 2.24) is 15.2 Å². The quantitative estimate of drug-likeness (QED) is 0.464. The van der Waals surface area contributed by atoms with Gasteiger partial charge in [-0.3, -0.25) is 9.89 Å². The molecule has 0 spiro atoms. The lowest BCUT2D eigenvalue weighted by atomic mass is 9.99. The number of nitrogens with zero attached hydrogens (tertiary/aromatic N) is 4. The Balaban J connectivity index is 1.61. The van der Waals surface area contributed by atoms with Crippen LogP contribution in [0.1, 0.15) is 12.5 Å². The van der Waals surface area contributed by atoms with Crippen molar-refractivity contribution in [3.8, 4) is 11.1 Å². The largest absolute Gasteiger partial charge is 0.377 e. The van der Waals surface area contributed by atoms with Crippen LogP contribution in [-0.4, -0.2) is 59.6 Å². The monoisotopic (exact) mass is 479 g/mol. The molecule has 0 unspecified atom stereocenters. The maximum atomic E-state index is 15.5. The first-order valence-corrected chi connectivity index (χ1v) is 11.1. The molecule has 1 saturated heterocycles. The number of halogens is 2. The number of rotatable bonds is 6. The molecule has 1 amide bonds. The molecule has 9 nitrogen and oxygen atoms in total. The first kappa shape index (κ1) is 22.7. The molecule has 3 aromatic rings. The zero-order chi connectivity index (χ0) is 24.5. The third-order valence-electron chi connectivity index (χ3n) is 6.01. The van der Waals surface area contributed by atoms with Crippen LogP contribution in [0.15, 0.2) is 48.4 Å². The Labute approximate surface area is 199 Å². The van der Waals surface area contributed by atoms with Crippen LogP contribution in [0.2, 0.25) is 0 Å². The number of benzene rings is 1. The van der Waals surface area contributed by atoms with E-state index in [9.17, 15) is 9.18 Å². The lowest BCUT2D eigenvalue weighted by Gasteiger charge is -2.35. The number of morpholine rings is 1. The first-order valence-electron chi connectivity index (χ1n) is 11.1. The average Bonchev–Trinajstić information content (AvgIpc) is 3.47. The molecule has 3 N–H and O–H groups in total. The van der Waals surface area contributed by atoms with Gasteiger partial charge in [0.25, 0.3) is 5.91 Å². The highest BCUT2D eigenvalue weighted by atomic mass is 19.1. The molecule has 5 rings (SSSR count). The molecule has 4 heterocycles. The van der Waals surface area contributed by atoms with Crippen LogP contribution in [0, 0.1) is 11.2 Å². The summed E-state index contributed by atoms with van der Waals surface area (Å²) >= 11 is 0. The third kappa shape index (κ3) is 4.37. The van der Waals surface area contributed by atoms with Crippen LogP contribution in [0.25, 0.3) is 11.1 Å². The van der Waals surface area contributed by atoms with Crippen molar-refractivity contribution in [3.05, 3.63) is 59.8 Å². The summed E-state index contributed by atoms with van der Waals surface area (Å²) in [5, 5.41) is 17.9. The molecule has 1 fully saturated rings. The van der Waals surface area contributed by atoms with Crippen LogP contribution in [0.3, 0.4) is 0 Å². The smallest absolute Gasteiger partial charge is 0.254 e. The number of ether oxygens (including phenoxy) is 1. The minimum absolute atomic E-state index is 0.0470. The molecule has 0 radical (unpaired) electrons. The topological polar surface area (TPSA) is 110 Å². The first-order chi connectivity index (χ1) is 16.9. The lowest BCUT2D eigenvalue weighted by Crippen LogP contribution is -2.44. The fourth-order valence-electron chi connectivity index (χ4n) is 4.27. The molecule has 0 aliphatic carbocycles. The van der Waals surface area contributed by atoms with E-state index in [2.05, 4.69) is 20.4 Å². The number of aromatic nitrogens is 3. The van der Waals surface area contributed by atoms with Gasteiger partial charge in [0.1, 0.15) is 29.1 Å². The second kappa shape index (κ2) is 9.26. The molecule has 11 heteroatoms. The summed E-state index contributed by atoms with van der Waals surface area (Å²) in [6.07, 6.45) is 3.59. The number of hydrogen-bond donors (Lipinski definition) is 3. The van der Waals surface area contributed by atoms with Gasteiger partial charge in [-0.1, -0.05) is 0 Å². The van der Waals surface area contributed by atoms with Gasteiger partial charge in [-0.25, -0.2) is 13.8 Å². The average molecular weight is 479 g/mol. The van der Waals surface area contributed by atoms with E-state index < -0.39 is 17.6 Å². The van der Waals surface area contributed by atoms with Gasteiger partial charge in [0.2, 0.25) is 0 Å². The molecule has 35 heavy (non-hydrogen) atoms. The van der Waals surface area contributed by atoms with Crippen molar-refractivity contribution in [1.29, 1.82) is 5.41 Å². The highest BCUT2D eigenvalue weighted by molar-refractivity contribution is 6.05. The van der Waals surface area contributed by atoms with Gasteiger partial charge < -0.3 is 25.3 Å². The number of hydrogen-bond acceptors (Lipinski definition) is 7. The van der Waals surface area contributed by atoms with E-state index in [1.165, 1.54) is 17.0 Å². The van der Waals surface area contributed by atoms with E-state index in [4.69, 9.17) is 15.1 Å². The molecule has 2 aliphatic heterocycles. The van der Waals surface area contributed by atoms with Crippen LogP contribution in [-0.2, 0) is 9.53 Å².